The van der Waals surface area contributed by atoms with Crippen molar-refractivity contribution < 1.29 is 24.2 Å². The maximum atomic E-state index is 13.4. The van der Waals surface area contributed by atoms with Crippen LogP contribution in [0.2, 0.25) is 10.0 Å². The van der Waals surface area contributed by atoms with Gasteiger partial charge in [-0.2, -0.15) is 5.10 Å². The van der Waals surface area contributed by atoms with Gasteiger partial charge in [-0.1, -0.05) is 41.4 Å². The van der Waals surface area contributed by atoms with Crippen molar-refractivity contribution in [3.05, 3.63) is 75.7 Å². The van der Waals surface area contributed by atoms with Gasteiger partial charge in [-0.15, -0.1) is 0 Å². The average molecular weight is 438 g/mol. The van der Waals surface area contributed by atoms with Gasteiger partial charge in [-0.3, -0.25) is 9.59 Å². The van der Waals surface area contributed by atoms with Crippen molar-refractivity contribution in [2.75, 3.05) is 0 Å². The molecule has 29 heavy (non-hydrogen) atoms. The summed E-state index contributed by atoms with van der Waals surface area (Å²) in [6.07, 6.45) is -0.456. The molecule has 0 spiro atoms. The average Bonchev–Trinajstić information content (AvgIpc) is 3.05. The number of carboxylic acids is 1. The Balaban J connectivity index is 1.90. The van der Waals surface area contributed by atoms with Crippen LogP contribution < -0.4 is 5.32 Å². The molecule has 3 aromatic rings. The van der Waals surface area contributed by atoms with Gasteiger partial charge in [0.25, 0.3) is 5.91 Å². The number of rotatable bonds is 6. The second kappa shape index (κ2) is 8.50. The van der Waals surface area contributed by atoms with Gasteiger partial charge >= 0.3 is 5.97 Å². The number of nitrogens with zero attached hydrogens (tertiary/aromatic N) is 2. The highest BCUT2D eigenvalue weighted by Crippen LogP contribution is 2.31. The molecule has 0 aliphatic rings. The summed E-state index contributed by atoms with van der Waals surface area (Å²) >= 11 is 12.1. The SMILES string of the molecule is O=C(O)CC(NC(=O)c1cc(O)n(-c2cccc(F)c2)n1)c1cccc(Cl)c1Cl. The molecule has 1 atom stereocenters. The molecule has 0 aliphatic carbocycles. The predicted molar refractivity (Wildman–Crippen MR) is 104 cm³/mol. The first-order valence-corrected chi connectivity index (χ1v) is 9.03. The first-order chi connectivity index (χ1) is 13.8. The number of aromatic nitrogens is 2. The number of aromatic hydroxyl groups is 1. The fourth-order valence-corrected chi connectivity index (χ4v) is 3.15. The Labute approximate surface area is 174 Å². The number of carboxylic acid groups (broad SMARTS) is 1. The third-order valence-electron chi connectivity index (χ3n) is 4.02. The smallest absolute Gasteiger partial charge is 0.305 e. The van der Waals surface area contributed by atoms with E-state index in [0.717, 1.165) is 16.8 Å². The maximum Gasteiger partial charge on any atom is 0.305 e. The summed E-state index contributed by atoms with van der Waals surface area (Å²) in [5.41, 5.74) is 0.338. The normalized spacial score (nSPS) is 11.8. The van der Waals surface area contributed by atoms with Crippen LogP contribution in [-0.2, 0) is 4.79 Å². The molecule has 7 nitrogen and oxygen atoms in total. The second-order valence-electron chi connectivity index (χ2n) is 6.05. The quantitative estimate of drug-likeness (QED) is 0.541. The maximum absolute atomic E-state index is 13.4. The van der Waals surface area contributed by atoms with Crippen molar-refractivity contribution in [3.8, 4) is 11.6 Å². The van der Waals surface area contributed by atoms with E-state index in [1.165, 1.54) is 24.3 Å². The second-order valence-corrected chi connectivity index (χ2v) is 6.83. The van der Waals surface area contributed by atoms with Gasteiger partial charge in [0.15, 0.2) is 5.69 Å². The first-order valence-electron chi connectivity index (χ1n) is 8.28. The molecule has 3 rings (SSSR count). The fraction of sp³-hybridized carbons (Fsp3) is 0.105. The van der Waals surface area contributed by atoms with Gasteiger partial charge < -0.3 is 15.5 Å². The van der Waals surface area contributed by atoms with Gasteiger partial charge in [-0.25, -0.2) is 9.07 Å². The number of carbonyl (C=O) groups is 2. The number of benzene rings is 2. The summed E-state index contributed by atoms with van der Waals surface area (Å²) in [6.45, 7) is 0. The van der Waals surface area contributed by atoms with Crippen LogP contribution in [0.15, 0.2) is 48.5 Å². The minimum Gasteiger partial charge on any atom is -0.493 e. The lowest BCUT2D eigenvalue weighted by molar-refractivity contribution is -0.137. The summed E-state index contributed by atoms with van der Waals surface area (Å²) < 4.78 is 14.4. The van der Waals surface area contributed by atoms with Gasteiger partial charge in [0.2, 0.25) is 5.88 Å². The van der Waals surface area contributed by atoms with Crippen LogP contribution in [0, 0.1) is 5.82 Å². The highest BCUT2D eigenvalue weighted by Gasteiger charge is 2.24. The highest BCUT2D eigenvalue weighted by atomic mass is 35.5. The van der Waals surface area contributed by atoms with E-state index in [2.05, 4.69) is 10.4 Å². The predicted octanol–water partition coefficient (Wildman–Crippen LogP) is 3.97. The molecule has 1 amide bonds. The summed E-state index contributed by atoms with van der Waals surface area (Å²) in [4.78, 5) is 23.9. The lowest BCUT2D eigenvalue weighted by Gasteiger charge is -2.18. The molecular formula is C19H14Cl2FN3O4. The Morgan fingerprint density at radius 3 is 2.59 bits per heavy atom. The molecule has 1 heterocycles. The van der Waals surface area contributed by atoms with Gasteiger partial charge in [0.1, 0.15) is 5.82 Å². The van der Waals surface area contributed by atoms with Crippen molar-refractivity contribution in [1.82, 2.24) is 15.1 Å². The molecular weight excluding hydrogens is 424 g/mol. The van der Waals surface area contributed by atoms with Crippen LogP contribution in [-0.4, -0.2) is 31.9 Å². The zero-order valence-electron chi connectivity index (χ0n) is 14.6. The number of nitrogens with one attached hydrogen (secondary N) is 1. The van der Waals surface area contributed by atoms with Crippen LogP contribution in [0.1, 0.15) is 28.5 Å². The molecule has 2 aromatic carbocycles. The lowest BCUT2D eigenvalue weighted by atomic mass is 10.0. The number of carbonyl (C=O) groups excluding carboxylic acids is 1. The van der Waals surface area contributed by atoms with E-state index in [4.69, 9.17) is 23.2 Å². The van der Waals surface area contributed by atoms with Crippen LogP contribution in [0.25, 0.3) is 5.69 Å². The zero-order valence-corrected chi connectivity index (χ0v) is 16.2. The molecule has 0 aliphatic heterocycles. The fourth-order valence-electron chi connectivity index (χ4n) is 2.72. The Morgan fingerprint density at radius 2 is 1.90 bits per heavy atom. The monoisotopic (exact) mass is 437 g/mol. The molecule has 10 heteroatoms. The van der Waals surface area contributed by atoms with E-state index >= 15 is 0 Å². The standard InChI is InChI=1S/C19H14Cl2FN3O4/c20-13-6-2-5-12(18(13)21)14(9-17(27)28)23-19(29)15-8-16(26)25(24-15)11-4-1-3-10(22)7-11/h1-8,14,26H,9H2,(H,23,29)(H,27,28). The number of aliphatic carboxylic acids is 1. The number of hydrogen-bond donors (Lipinski definition) is 3. The minimum atomic E-state index is -1.17. The molecule has 1 unspecified atom stereocenters. The van der Waals surface area contributed by atoms with Crippen molar-refractivity contribution in [1.29, 1.82) is 0 Å². The van der Waals surface area contributed by atoms with Gasteiger partial charge in [0, 0.05) is 6.07 Å². The number of amides is 1. The molecule has 0 bridgehead atoms. The molecule has 0 saturated heterocycles. The first kappa shape index (κ1) is 20.6. The summed E-state index contributed by atoms with van der Waals surface area (Å²) in [6, 6.07) is 10.0. The van der Waals surface area contributed by atoms with E-state index < -0.39 is 36.0 Å². The Hall–Kier alpha value is -3.10. The topological polar surface area (TPSA) is 104 Å². The van der Waals surface area contributed by atoms with Crippen LogP contribution in [0.3, 0.4) is 0 Å². The Morgan fingerprint density at radius 1 is 1.17 bits per heavy atom. The summed E-state index contributed by atoms with van der Waals surface area (Å²) in [5.74, 6) is -2.85. The molecule has 1 aromatic heterocycles. The van der Waals surface area contributed by atoms with E-state index in [1.807, 2.05) is 0 Å². The van der Waals surface area contributed by atoms with Gasteiger partial charge in [0.05, 0.1) is 28.2 Å². The van der Waals surface area contributed by atoms with E-state index in [-0.39, 0.29) is 21.4 Å². The lowest BCUT2D eigenvalue weighted by Crippen LogP contribution is -2.30. The van der Waals surface area contributed by atoms with Crippen molar-refractivity contribution in [2.45, 2.75) is 12.5 Å². The molecule has 150 valence electrons. The molecule has 0 saturated carbocycles. The largest absolute Gasteiger partial charge is 0.493 e. The van der Waals surface area contributed by atoms with Crippen molar-refractivity contribution >= 4 is 35.1 Å². The van der Waals surface area contributed by atoms with Crippen LogP contribution >= 0.6 is 23.2 Å². The molecule has 3 N–H and O–H groups in total. The third-order valence-corrected chi connectivity index (χ3v) is 4.85. The highest BCUT2D eigenvalue weighted by molar-refractivity contribution is 6.42. The van der Waals surface area contributed by atoms with Crippen LogP contribution in [0.5, 0.6) is 5.88 Å². The van der Waals surface area contributed by atoms with E-state index in [0.29, 0.717) is 5.56 Å². The number of halogens is 3. The molecule has 0 fully saturated rings. The van der Waals surface area contributed by atoms with E-state index in [1.54, 1.807) is 12.1 Å². The van der Waals surface area contributed by atoms with E-state index in [9.17, 15) is 24.2 Å². The minimum absolute atomic E-state index is 0.119. The summed E-state index contributed by atoms with van der Waals surface area (Å²) in [5, 5.41) is 26.1. The zero-order chi connectivity index (χ0) is 21.1. The Kier molecular flexibility index (Phi) is 6.05. The van der Waals surface area contributed by atoms with Crippen molar-refractivity contribution in [2.24, 2.45) is 0 Å². The van der Waals surface area contributed by atoms with Gasteiger partial charge in [-0.05, 0) is 29.8 Å². The Bertz CT molecular complexity index is 1090. The molecule has 0 radical (unpaired) electrons. The third kappa shape index (κ3) is 4.67. The van der Waals surface area contributed by atoms with Crippen molar-refractivity contribution in [3.63, 3.8) is 0 Å². The van der Waals surface area contributed by atoms with Crippen LogP contribution in [0.4, 0.5) is 4.39 Å². The number of hydrogen-bond acceptors (Lipinski definition) is 4. The summed E-state index contributed by atoms with van der Waals surface area (Å²) in [7, 11) is 0.